The highest BCUT2D eigenvalue weighted by Gasteiger charge is 2.27. The third kappa shape index (κ3) is 4.72. The van der Waals surface area contributed by atoms with Crippen molar-refractivity contribution in [2.24, 2.45) is 0 Å². The quantitative estimate of drug-likeness (QED) is 0.313. The van der Waals surface area contributed by atoms with Gasteiger partial charge in [0, 0.05) is 6.07 Å². The number of nitro benzene ring substituents is 1. The lowest BCUT2D eigenvalue weighted by Crippen LogP contribution is -2.15. The molecule has 2 aromatic rings. The molecule has 1 heterocycles. The van der Waals surface area contributed by atoms with Gasteiger partial charge in [-0.1, -0.05) is 6.08 Å². The molecule has 0 radical (unpaired) electrons. The Hall–Kier alpha value is -3.69. The summed E-state index contributed by atoms with van der Waals surface area (Å²) in [5.74, 6) is -1.16. The fourth-order valence-corrected chi connectivity index (χ4v) is 2.42. The highest BCUT2D eigenvalue weighted by atomic mass is 16.6. The largest absolute Gasteiger partial charge is 0.465 e. The van der Waals surface area contributed by atoms with Gasteiger partial charge in [0.05, 0.1) is 36.1 Å². The van der Waals surface area contributed by atoms with Crippen LogP contribution in [0.4, 0.5) is 16.2 Å². The molecular weight excluding hydrogens is 370 g/mol. The van der Waals surface area contributed by atoms with Gasteiger partial charge in [0.25, 0.3) is 5.69 Å². The number of nitro groups is 1. The van der Waals surface area contributed by atoms with Crippen LogP contribution in [0.5, 0.6) is 0 Å². The fraction of sp³-hybridized carbons (Fsp3) is 0.278. The van der Waals surface area contributed by atoms with Crippen LogP contribution in [0.25, 0.3) is 11.3 Å². The summed E-state index contributed by atoms with van der Waals surface area (Å²) in [6.07, 6.45) is 2.30. The van der Waals surface area contributed by atoms with Gasteiger partial charge in [-0.15, -0.1) is 6.58 Å². The molecule has 0 saturated heterocycles. The van der Waals surface area contributed by atoms with Gasteiger partial charge in [0.2, 0.25) is 5.89 Å². The van der Waals surface area contributed by atoms with E-state index in [4.69, 9.17) is 9.15 Å². The van der Waals surface area contributed by atoms with Gasteiger partial charge in [-0.3, -0.25) is 20.2 Å². The standard InChI is InChI=1S/C18H19N3O7/c1-4-6-13(17(22)27-5-2)16-19-10-15(28-16)12-8-7-11(20-18(23)26-3)9-14(12)21(24)25/h4,7-10,13H,1,5-6H2,2-3H3,(H,20,23). The van der Waals surface area contributed by atoms with E-state index in [-0.39, 0.29) is 41.6 Å². The summed E-state index contributed by atoms with van der Waals surface area (Å²) in [7, 11) is 1.18. The SMILES string of the molecule is C=CCC(C(=O)OCC)c1ncc(-c2ccc(NC(=O)OC)cc2[N+](=O)[O-])o1. The summed E-state index contributed by atoms with van der Waals surface area (Å²) in [5.41, 5.74) is 0.00600. The van der Waals surface area contributed by atoms with E-state index in [9.17, 15) is 19.7 Å². The zero-order valence-corrected chi connectivity index (χ0v) is 15.3. The molecule has 1 amide bonds. The second kappa shape index (κ2) is 9.31. The Labute approximate surface area is 160 Å². The number of methoxy groups -OCH3 is 1. The van der Waals surface area contributed by atoms with E-state index >= 15 is 0 Å². The highest BCUT2D eigenvalue weighted by Crippen LogP contribution is 2.34. The molecule has 0 fully saturated rings. The third-order valence-corrected chi connectivity index (χ3v) is 3.69. The summed E-state index contributed by atoms with van der Waals surface area (Å²) in [4.78, 5) is 38.3. The number of carbonyl (C=O) groups excluding carboxylic acids is 2. The number of nitrogens with zero attached hydrogens (tertiary/aromatic N) is 2. The smallest absolute Gasteiger partial charge is 0.411 e. The first kappa shape index (κ1) is 20.6. The van der Waals surface area contributed by atoms with Crippen molar-refractivity contribution in [2.75, 3.05) is 19.0 Å². The zero-order valence-electron chi connectivity index (χ0n) is 15.3. The molecule has 1 unspecified atom stereocenters. The molecule has 0 aliphatic carbocycles. The van der Waals surface area contributed by atoms with Crippen LogP contribution in [0.1, 0.15) is 25.2 Å². The lowest BCUT2D eigenvalue weighted by molar-refractivity contribution is -0.384. The molecule has 0 aliphatic rings. The number of ether oxygens (including phenoxy) is 2. The fourth-order valence-electron chi connectivity index (χ4n) is 2.42. The summed E-state index contributed by atoms with van der Waals surface area (Å²) in [5, 5.41) is 13.8. The maximum absolute atomic E-state index is 12.1. The van der Waals surface area contributed by atoms with E-state index in [0.29, 0.717) is 0 Å². The number of nitrogens with one attached hydrogen (secondary N) is 1. The Bertz CT molecular complexity index is 891. The van der Waals surface area contributed by atoms with Crippen LogP contribution in [-0.4, -0.2) is 35.7 Å². The van der Waals surface area contributed by atoms with Crippen LogP contribution >= 0.6 is 0 Å². The molecule has 0 aliphatic heterocycles. The minimum atomic E-state index is -0.800. The van der Waals surface area contributed by atoms with Gasteiger partial charge in [0.1, 0.15) is 5.92 Å². The van der Waals surface area contributed by atoms with Crippen LogP contribution in [-0.2, 0) is 14.3 Å². The number of allylic oxidation sites excluding steroid dienone is 1. The number of carbonyl (C=O) groups is 2. The first-order valence-corrected chi connectivity index (χ1v) is 8.28. The zero-order chi connectivity index (χ0) is 20.7. The molecule has 1 atom stereocenters. The molecule has 2 rings (SSSR count). The topological polar surface area (TPSA) is 134 Å². The number of anilines is 1. The van der Waals surface area contributed by atoms with Crippen molar-refractivity contribution in [1.29, 1.82) is 0 Å². The van der Waals surface area contributed by atoms with Crippen LogP contribution in [0.2, 0.25) is 0 Å². The molecular formula is C18H19N3O7. The summed E-state index contributed by atoms with van der Waals surface area (Å²) in [6.45, 7) is 5.47. The third-order valence-electron chi connectivity index (χ3n) is 3.69. The second-order valence-corrected chi connectivity index (χ2v) is 5.50. The Balaban J connectivity index is 2.40. The van der Waals surface area contributed by atoms with Gasteiger partial charge in [-0.25, -0.2) is 9.78 Å². The van der Waals surface area contributed by atoms with E-state index in [1.54, 1.807) is 6.92 Å². The van der Waals surface area contributed by atoms with Gasteiger partial charge < -0.3 is 13.9 Å². The van der Waals surface area contributed by atoms with E-state index in [0.717, 1.165) is 0 Å². The summed E-state index contributed by atoms with van der Waals surface area (Å²) >= 11 is 0. The molecule has 148 valence electrons. The molecule has 1 N–H and O–H groups in total. The van der Waals surface area contributed by atoms with E-state index in [2.05, 4.69) is 21.6 Å². The van der Waals surface area contributed by atoms with Crippen LogP contribution in [0, 0.1) is 10.1 Å². The maximum Gasteiger partial charge on any atom is 0.411 e. The first-order chi connectivity index (χ1) is 13.4. The number of oxazole rings is 1. The molecule has 0 bridgehead atoms. The predicted molar refractivity (Wildman–Crippen MR) is 98.8 cm³/mol. The average molecular weight is 389 g/mol. The average Bonchev–Trinajstić information content (AvgIpc) is 3.15. The normalized spacial score (nSPS) is 11.4. The van der Waals surface area contributed by atoms with E-state index < -0.39 is 22.9 Å². The number of esters is 1. The number of benzene rings is 1. The van der Waals surface area contributed by atoms with Crippen LogP contribution in [0.3, 0.4) is 0 Å². The molecule has 1 aromatic heterocycles. The van der Waals surface area contributed by atoms with Gasteiger partial charge in [-0.05, 0) is 25.5 Å². The second-order valence-electron chi connectivity index (χ2n) is 5.50. The molecule has 28 heavy (non-hydrogen) atoms. The minimum Gasteiger partial charge on any atom is -0.465 e. The van der Waals surface area contributed by atoms with E-state index in [1.807, 2.05) is 0 Å². The van der Waals surface area contributed by atoms with Gasteiger partial charge >= 0.3 is 12.1 Å². The summed E-state index contributed by atoms with van der Waals surface area (Å²) < 4.78 is 15.1. The number of hydrogen-bond acceptors (Lipinski definition) is 8. The Morgan fingerprint density at radius 1 is 1.46 bits per heavy atom. The van der Waals surface area contributed by atoms with Crippen molar-refractivity contribution >= 4 is 23.4 Å². The monoisotopic (exact) mass is 389 g/mol. The molecule has 10 heteroatoms. The molecule has 0 spiro atoms. The summed E-state index contributed by atoms with van der Waals surface area (Å²) in [6, 6.07) is 4.02. The molecule has 1 aromatic carbocycles. The van der Waals surface area contributed by atoms with Crippen molar-refractivity contribution in [1.82, 2.24) is 4.98 Å². The number of hydrogen-bond donors (Lipinski definition) is 1. The van der Waals surface area contributed by atoms with E-state index in [1.165, 1.54) is 37.6 Å². The Kier molecular flexibility index (Phi) is 6.85. The highest BCUT2D eigenvalue weighted by molar-refractivity contribution is 5.86. The van der Waals surface area contributed by atoms with Crippen molar-refractivity contribution in [3.8, 4) is 11.3 Å². The molecule has 10 nitrogen and oxygen atoms in total. The van der Waals surface area contributed by atoms with Gasteiger partial charge in [0.15, 0.2) is 5.76 Å². The first-order valence-electron chi connectivity index (χ1n) is 8.28. The number of amides is 1. The van der Waals surface area contributed by atoms with Crippen molar-refractivity contribution in [2.45, 2.75) is 19.3 Å². The van der Waals surface area contributed by atoms with Crippen LogP contribution in [0.15, 0.2) is 41.5 Å². The van der Waals surface area contributed by atoms with Crippen molar-refractivity contribution < 1.29 is 28.4 Å². The molecule has 0 saturated carbocycles. The lowest BCUT2D eigenvalue weighted by Gasteiger charge is -2.10. The Morgan fingerprint density at radius 3 is 2.82 bits per heavy atom. The number of aromatic nitrogens is 1. The van der Waals surface area contributed by atoms with Crippen LogP contribution < -0.4 is 5.32 Å². The minimum absolute atomic E-state index is 0.0689. The van der Waals surface area contributed by atoms with Crippen molar-refractivity contribution in [3.05, 3.63) is 53.1 Å². The maximum atomic E-state index is 12.1. The van der Waals surface area contributed by atoms with Crippen molar-refractivity contribution in [3.63, 3.8) is 0 Å². The number of rotatable bonds is 8. The van der Waals surface area contributed by atoms with Gasteiger partial charge in [-0.2, -0.15) is 0 Å². The lowest BCUT2D eigenvalue weighted by atomic mass is 10.1. The Morgan fingerprint density at radius 2 is 2.21 bits per heavy atom. The predicted octanol–water partition coefficient (Wildman–Crippen LogP) is 3.65.